The molecule has 8 heteroatoms. The Hall–Kier alpha value is -3.21. The number of carbonyl (C=O) groups excluding carboxylic acids is 3. The van der Waals surface area contributed by atoms with Crippen molar-refractivity contribution in [1.82, 2.24) is 15.5 Å². The molecular weight excluding hydrogens is 410 g/mol. The van der Waals surface area contributed by atoms with Crippen molar-refractivity contribution in [2.75, 3.05) is 0 Å². The monoisotopic (exact) mass is 445 g/mol. The zero-order valence-electron chi connectivity index (χ0n) is 19.9. The first-order chi connectivity index (χ1) is 14.7. The summed E-state index contributed by atoms with van der Waals surface area (Å²) >= 11 is 0. The van der Waals surface area contributed by atoms with E-state index in [2.05, 4.69) is 16.7 Å². The molecule has 8 nitrogen and oxygen atoms in total. The zero-order valence-corrected chi connectivity index (χ0v) is 19.9. The number of benzene rings is 1. The molecule has 1 aromatic carbocycles. The van der Waals surface area contributed by atoms with Gasteiger partial charge in [-0.1, -0.05) is 32.4 Å². The molecule has 0 aromatic heterocycles. The first kappa shape index (κ1) is 26.8. The normalized spacial score (nSPS) is 13.1. The van der Waals surface area contributed by atoms with E-state index < -0.39 is 35.6 Å². The van der Waals surface area contributed by atoms with Gasteiger partial charge in [0.25, 0.3) is 5.91 Å². The summed E-state index contributed by atoms with van der Waals surface area (Å²) in [6, 6.07) is 5.88. The van der Waals surface area contributed by atoms with E-state index in [0.29, 0.717) is 5.56 Å². The molecule has 0 aliphatic carbocycles. The van der Waals surface area contributed by atoms with E-state index in [0.717, 1.165) is 4.90 Å². The molecule has 1 rings (SSSR count). The van der Waals surface area contributed by atoms with Gasteiger partial charge in [0.15, 0.2) is 0 Å². The van der Waals surface area contributed by atoms with Crippen molar-refractivity contribution in [3.05, 3.63) is 29.8 Å². The molecule has 0 aliphatic heterocycles. The van der Waals surface area contributed by atoms with Gasteiger partial charge < -0.3 is 20.5 Å². The Labute approximate surface area is 190 Å². The standard InChI is InChI=1S/C24H35N3O5/c1-9-27(20(21(29)25-16(4)5)17-11-10-12-18(28)14-17)22(30)19(13-15(2)3)26-23(31)32-24(6,7)8/h1,10-12,14-16,19-20,28H,13H2,2-8H3,(H,25,29)(H,26,31). The van der Waals surface area contributed by atoms with Crippen molar-refractivity contribution in [3.63, 3.8) is 0 Å². The van der Waals surface area contributed by atoms with Crippen LogP contribution in [0.5, 0.6) is 5.75 Å². The van der Waals surface area contributed by atoms with Gasteiger partial charge in [0.2, 0.25) is 5.91 Å². The summed E-state index contributed by atoms with van der Waals surface area (Å²) in [6.07, 6.45) is 5.22. The van der Waals surface area contributed by atoms with Gasteiger partial charge in [-0.15, -0.1) is 0 Å². The molecule has 3 N–H and O–H groups in total. The molecular formula is C24H35N3O5. The third-order valence-corrected chi connectivity index (χ3v) is 4.20. The summed E-state index contributed by atoms with van der Waals surface area (Å²) in [7, 11) is 0. The number of nitrogens with zero attached hydrogens (tertiary/aromatic N) is 1. The van der Waals surface area contributed by atoms with Crippen molar-refractivity contribution in [2.45, 2.75) is 78.6 Å². The second-order valence-corrected chi connectivity index (χ2v) is 9.33. The van der Waals surface area contributed by atoms with Crippen molar-refractivity contribution in [1.29, 1.82) is 0 Å². The summed E-state index contributed by atoms with van der Waals surface area (Å²) in [5, 5.41) is 15.3. The number of rotatable bonds is 8. The van der Waals surface area contributed by atoms with Gasteiger partial charge in [-0.05, 0) is 64.7 Å². The largest absolute Gasteiger partial charge is 0.508 e. The molecule has 2 unspecified atom stereocenters. The Bertz CT molecular complexity index is 852. The molecule has 0 aliphatic rings. The van der Waals surface area contributed by atoms with Crippen LogP contribution in [0.4, 0.5) is 4.79 Å². The highest BCUT2D eigenvalue weighted by molar-refractivity contribution is 5.93. The molecule has 1 aromatic rings. The van der Waals surface area contributed by atoms with Crippen LogP contribution in [0.15, 0.2) is 24.3 Å². The van der Waals surface area contributed by atoms with Gasteiger partial charge in [0, 0.05) is 12.1 Å². The fourth-order valence-electron chi connectivity index (χ4n) is 3.05. The number of aromatic hydroxyl groups is 1. The van der Waals surface area contributed by atoms with E-state index in [9.17, 15) is 19.5 Å². The summed E-state index contributed by atoms with van der Waals surface area (Å²) in [4.78, 5) is 39.8. The maximum absolute atomic E-state index is 13.5. The molecule has 176 valence electrons. The zero-order chi connectivity index (χ0) is 24.6. The fourth-order valence-corrected chi connectivity index (χ4v) is 3.05. The van der Waals surface area contributed by atoms with Crippen LogP contribution in [0.1, 0.15) is 66.5 Å². The van der Waals surface area contributed by atoms with Crippen LogP contribution in [0, 0.1) is 18.4 Å². The number of ether oxygens (including phenoxy) is 1. The predicted octanol–water partition coefficient (Wildman–Crippen LogP) is 3.32. The number of phenols is 1. The summed E-state index contributed by atoms with van der Waals surface area (Å²) in [6.45, 7) is 12.5. The first-order valence-electron chi connectivity index (χ1n) is 10.6. The topological polar surface area (TPSA) is 108 Å². The van der Waals surface area contributed by atoms with E-state index >= 15 is 0 Å². The third-order valence-electron chi connectivity index (χ3n) is 4.20. The minimum absolute atomic E-state index is 0.0437. The average molecular weight is 446 g/mol. The molecule has 2 atom stereocenters. The molecule has 0 fully saturated rings. The number of hydrogen-bond donors (Lipinski definition) is 3. The van der Waals surface area contributed by atoms with Crippen LogP contribution in [-0.4, -0.2) is 45.6 Å². The lowest BCUT2D eigenvalue weighted by molar-refractivity contribution is -0.139. The Morgan fingerprint density at radius 1 is 1.16 bits per heavy atom. The first-order valence-corrected chi connectivity index (χ1v) is 10.6. The van der Waals surface area contributed by atoms with Crippen LogP contribution in [0.25, 0.3) is 0 Å². The molecule has 0 heterocycles. The van der Waals surface area contributed by atoms with Crippen LogP contribution < -0.4 is 10.6 Å². The third kappa shape index (κ3) is 8.50. The van der Waals surface area contributed by atoms with Crippen molar-refractivity contribution in [2.24, 2.45) is 5.92 Å². The van der Waals surface area contributed by atoms with Gasteiger partial charge in [0.1, 0.15) is 23.4 Å². The number of phenolic OH excluding ortho intramolecular Hbond substituents is 1. The Morgan fingerprint density at radius 2 is 1.78 bits per heavy atom. The highest BCUT2D eigenvalue weighted by Gasteiger charge is 2.36. The van der Waals surface area contributed by atoms with Crippen molar-refractivity contribution in [3.8, 4) is 18.2 Å². The fraction of sp³-hybridized carbons (Fsp3) is 0.542. The summed E-state index contributed by atoms with van der Waals surface area (Å²) in [5.74, 6) is -1.15. The lowest BCUT2D eigenvalue weighted by Gasteiger charge is -2.31. The number of terminal acetylenes is 1. The van der Waals surface area contributed by atoms with Crippen LogP contribution in [-0.2, 0) is 14.3 Å². The number of amides is 3. The van der Waals surface area contributed by atoms with E-state index in [4.69, 9.17) is 11.2 Å². The highest BCUT2D eigenvalue weighted by atomic mass is 16.6. The SMILES string of the molecule is C#CN(C(=O)C(CC(C)C)NC(=O)OC(C)(C)C)C(C(=O)NC(C)C)c1cccc(O)c1. The minimum Gasteiger partial charge on any atom is -0.508 e. The molecule has 0 spiro atoms. The number of nitrogens with one attached hydrogen (secondary N) is 2. The lowest BCUT2D eigenvalue weighted by atomic mass is 9.99. The van der Waals surface area contributed by atoms with E-state index in [1.54, 1.807) is 46.8 Å². The van der Waals surface area contributed by atoms with E-state index in [1.807, 2.05) is 13.8 Å². The molecule has 32 heavy (non-hydrogen) atoms. The lowest BCUT2D eigenvalue weighted by Crippen LogP contribution is -2.52. The summed E-state index contributed by atoms with van der Waals surface area (Å²) in [5.41, 5.74) is -0.405. The van der Waals surface area contributed by atoms with Gasteiger partial charge in [-0.3, -0.25) is 14.5 Å². The van der Waals surface area contributed by atoms with Crippen LogP contribution in [0.3, 0.4) is 0 Å². The Morgan fingerprint density at radius 3 is 2.25 bits per heavy atom. The quantitative estimate of drug-likeness (QED) is 0.420. The van der Waals surface area contributed by atoms with Gasteiger partial charge in [-0.25, -0.2) is 4.79 Å². The van der Waals surface area contributed by atoms with E-state index in [-0.39, 0.29) is 24.1 Å². The second kappa shape index (κ2) is 11.4. The molecule has 0 radical (unpaired) electrons. The van der Waals surface area contributed by atoms with E-state index in [1.165, 1.54) is 12.1 Å². The Balaban J connectivity index is 3.35. The maximum atomic E-state index is 13.5. The minimum atomic E-state index is -1.20. The smallest absolute Gasteiger partial charge is 0.408 e. The predicted molar refractivity (Wildman–Crippen MR) is 122 cm³/mol. The van der Waals surface area contributed by atoms with Crippen molar-refractivity contribution < 1.29 is 24.2 Å². The number of alkyl carbamates (subject to hydrolysis) is 1. The maximum Gasteiger partial charge on any atom is 0.408 e. The molecule has 0 saturated carbocycles. The summed E-state index contributed by atoms with van der Waals surface area (Å²) < 4.78 is 5.29. The van der Waals surface area contributed by atoms with Crippen LogP contribution in [0.2, 0.25) is 0 Å². The van der Waals surface area contributed by atoms with Crippen LogP contribution >= 0.6 is 0 Å². The number of hydrogen-bond acceptors (Lipinski definition) is 5. The van der Waals surface area contributed by atoms with Crippen molar-refractivity contribution >= 4 is 17.9 Å². The van der Waals surface area contributed by atoms with Gasteiger partial charge in [0.05, 0.1) is 0 Å². The number of carbonyl (C=O) groups is 3. The van der Waals surface area contributed by atoms with Gasteiger partial charge in [-0.2, -0.15) is 0 Å². The second-order valence-electron chi connectivity index (χ2n) is 9.33. The highest BCUT2D eigenvalue weighted by Crippen LogP contribution is 2.26. The molecule has 0 bridgehead atoms. The Kier molecular flexibility index (Phi) is 9.57. The molecule has 3 amide bonds. The average Bonchev–Trinajstić information content (AvgIpc) is 2.62. The molecule has 0 saturated heterocycles. The van der Waals surface area contributed by atoms with Gasteiger partial charge >= 0.3 is 6.09 Å².